The zero-order valence-electron chi connectivity index (χ0n) is 23.4. The van der Waals surface area contributed by atoms with E-state index in [1.54, 1.807) is 12.4 Å². The number of rotatable bonds is 6. The number of hydrogen-bond donors (Lipinski definition) is 1. The number of imidazole rings is 1. The number of hydrogen-bond acceptors (Lipinski definition) is 7. The van der Waals surface area contributed by atoms with Crippen LogP contribution in [0.5, 0.6) is 0 Å². The number of nitrogens with two attached hydrogens (primary N) is 1. The number of anilines is 1. The summed E-state index contributed by atoms with van der Waals surface area (Å²) in [6.45, 7) is 8.32. The van der Waals surface area contributed by atoms with Gasteiger partial charge in [-0.05, 0) is 72.4 Å². The van der Waals surface area contributed by atoms with Crippen molar-refractivity contribution < 1.29 is 4.79 Å². The molecule has 1 amide bonds. The van der Waals surface area contributed by atoms with E-state index in [1.165, 1.54) is 11.6 Å². The number of pyridine rings is 3. The number of likely N-dealkylation sites (tertiary alicyclic amines) is 2. The second-order valence-corrected chi connectivity index (χ2v) is 11.3. The highest BCUT2D eigenvalue weighted by atomic mass is 16.2. The number of nitrogens with zero attached hydrogens (tertiary/aromatic N) is 7. The van der Waals surface area contributed by atoms with Gasteiger partial charge in [0.2, 0.25) is 5.91 Å². The van der Waals surface area contributed by atoms with Crippen molar-refractivity contribution in [2.45, 2.75) is 19.4 Å². The molecule has 2 aliphatic heterocycles. The summed E-state index contributed by atoms with van der Waals surface area (Å²) in [5.41, 5.74) is 12.9. The predicted octanol–water partition coefficient (Wildman–Crippen LogP) is 4.74. The number of benzene rings is 1. The number of piperidine rings is 1. The Bertz CT molecular complexity index is 1760. The third-order valence-corrected chi connectivity index (χ3v) is 8.58. The lowest BCUT2D eigenvalue weighted by Crippen LogP contribution is -2.60. The smallest absolute Gasteiger partial charge is 0.245 e. The van der Waals surface area contributed by atoms with Gasteiger partial charge in [-0.1, -0.05) is 24.8 Å². The van der Waals surface area contributed by atoms with Crippen molar-refractivity contribution in [1.29, 1.82) is 0 Å². The molecule has 9 heteroatoms. The van der Waals surface area contributed by atoms with Gasteiger partial charge in [-0.2, -0.15) is 0 Å². The highest BCUT2D eigenvalue weighted by Crippen LogP contribution is 2.41. The Balaban J connectivity index is 1.15. The van der Waals surface area contributed by atoms with Crippen molar-refractivity contribution >= 4 is 22.9 Å². The van der Waals surface area contributed by atoms with E-state index in [4.69, 9.17) is 10.7 Å². The second kappa shape index (κ2) is 10.5. The summed E-state index contributed by atoms with van der Waals surface area (Å²) in [7, 11) is 0. The molecule has 5 aromatic rings. The van der Waals surface area contributed by atoms with Crippen LogP contribution in [-0.4, -0.2) is 66.4 Å². The minimum atomic E-state index is 0.0462. The maximum atomic E-state index is 12.0. The van der Waals surface area contributed by atoms with Crippen LogP contribution in [0.15, 0.2) is 91.9 Å². The summed E-state index contributed by atoms with van der Waals surface area (Å²) in [4.78, 5) is 34.8. The maximum Gasteiger partial charge on any atom is 0.245 e. The van der Waals surface area contributed by atoms with Crippen LogP contribution in [0.4, 0.5) is 5.82 Å². The SMILES string of the molecule is C=CC(=O)N1CCC2(CC1)CN(Cc1ccc(-n3c(-c4cccnc4N)nc4ncc(-c5ccccn5)cc43)cc1)C2. The molecule has 9 nitrogen and oxygen atoms in total. The fraction of sp³-hybridized carbons (Fsp3) is 0.242. The summed E-state index contributed by atoms with van der Waals surface area (Å²) in [5, 5.41) is 0. The van der Waals surface area contributed by atoms with Gasteiger partial charge in [0.25, 0.3) is 0 Å². The Morgan fingerprint density at radius 1 is 0.976 bits per heavy atom. The zero-order chi connectivity index (χ0) is 28.7. The molecule has 0 bridgehead atoms. The molecular weight excluding hydrogens is 524 g/mol. The van der Waals surface area contributed by atoms with Crippen LogP contribution in [0.2, 0.25) is 0 Å². The van der Waals surface area contributed by atoms with Crippen molar-refractivity contribution in [1.82, 2.24) is 34.3 Å². The van der Waals surface area contributed by atoms with Gasteiger partial charge in [-0.25, -0.2) is 15.0 Å². The molecule has 2 saturated heterocycles. The first-order valence-corrected chi connectivity index (χ1v) is 14.3. The molecule has 0 aliphatic carbocycles. The molecule has 2 aliphatic rings. The fourth-order valence-corrected chi connectivity index (χ4v) is 6.35. The molecule has 2 fully saturated rings. The van der Waals surface area contributed by atoms with Crippen LogP contribution < -0.4 is 5.73 Å². The molecule has 1 spiro atoms. The molecule has 0 unspecified atom stereocenters. The van der Waals surface area contributed by atoms with Crippen LogP contribution in [0.1, 0.15) is 18.4 Å². The Morgan fingerprint density at radius 2 is 1.76 bits per heavy atom. The summed E-state index contributed by atoms with van der Waals surface area (Å²) < 4.78 is 2.10. The average molecular weight is 557 g/mol. The Labute approximate surface area is 244 Å². The number of carbonyl (C=O) groups excluding carboxylic acids is 1. The van der Waals surface area contributed by atoms with Crippen molar-refractivity contribution in [2.24, 2.45) is 5.41 Å². The van der Waals surface area contributed by atoms with E-state index >= 15 is 0 Å². The number of aromatic nitrogens is 5. The minimum Gasteiger partial charge on any atom is -0.383 e. The van der Waals surface area contributed by atoms with E-state index in [0.717, 1.165) is 73.6 Å². The third kappa shape index (κ3) is 4.71. The van der Waals surface area contributed by atoms with Crippen LogP contribution in [0, 0.1) is 5.41 Å². The zero-order valence-corrected chi connectivity index (χ0v) is 23.4. The summed E-state index contributed by atoms with van der Waals surface area (Å²) in [5.74, 6) is 1.16. The Morgan fingerprint density at radius 3 is 2.48 bits per heavy atom. The van der Waals surface area contributed by atoms with E-state index in [1.807, 2.05) is 41.4 Å². The lowest BCUT2D eigenvalue weighted by Gasteiger charge is -2.54. The number of nitrogen functional groups attached to an aromatic ring is 1. The van der Waals surface area contributed by atoms with Gasteiger partial charge < -0.3 is 10.6 Å². The largest absolute Gasteiger partial charge is 0.383 e. The van der Waals surface area contributed by atoms with E-state index in [9.17, 15) is 4.79 Å². The van der Waals surface area contributed by atoms with Gasteiger partial charge in [0.15, 0.2) is 11.5 Å². The minimum absolute atomic E-state index is 0.0462. The van der Waals surface area contributed by atoms with Gasteiger partial charge in [0.1, 0.15) is 5.82 Å². The van der Waals surface area contributed by atoms with Crippen molar-refractivity contribution in [3.8, 4) is 28.3 Å². The highest BCUT2D eigenvalue weighted by molar-refractivity contribution is 5.87. The van der Waals surface area contributed by atoms with E-state index in [2.05, 4.69) is 61.3 Å². The molecule has 2 N–H and O–H groups in total. The van der Waals surface area contributed by atoms with Gasteiger partial charge in [0, 0.05) is 62.6 Å². The number of fused-ring (bicyclic) bond motifs is 1. The van der Waals surface area contributed by atoms with Gasteiger partial charge >= 0.3 is 0 Å². The predicted molar refractivity (Wildman–Crippen MR) is 163 cm³/mol. The van der Waals surface area contributed by atoms with Crippen molar-refractivity contribution in [3.63, 3.8) is 0 Å². The van der Waals surface area contributed by atoms with Crippen LogP contribution in [0.25, 0.3) is 39.5 Å². The van der Waals surface area contributed by atoms with E-state index < -0.39 is 0 Å². The van der Waals surface area contributed by atoms with Crippen LogP contribution >= 0.6 is 0 Å². The molecule has 4 aromatic heterocycles. The summed E-state index contributed by atoms with van der Waals surface area (Å²) >= 11 is 0. The molecule has 42 heavy (non-hydrogen) atoms. The molecule has 0 saturated carbocycles. The molecule has 6 heterocycles. The lowest BCUT2D eigenvalue weighted by atomic mass is 9.72. The van der Waals surface area contributed by atoms with E-state index in [0.29, 0.717) is 22.7 Å². The first kappa shape index (κ1) is 26.0. The van der Waals surface area contributed by atoms with E-state index in [-0.39, 0.29) is 5.91 Å². The Hall–Kier alpha value is -4.89. The van der Waals surface area contributed by atoms with Crippen molar-refractivity contribution in [3.05, 3.63) is 97.5 Å². The normalized spacial score (nSPS) is 16.4. The highest BCUT2D eigenvalue weighted by Gasteiger charge is 2.44. The molecule has 7 rings (SSSR count). The van der Waals surface area contributed by atoms with Gasteiger partial charge in [-0.15, -0.1) is 0 Å². The maximum absolute atomic E-state index is 12.0. The topological polar surface area (TPSA) is 106 Å². The first-order valence-electron chi connectivity index (χ1n) is 14.3. The lowest BCUT2D eigenvalue weighted by molar-refractivity contribution is -0.131. The number of carbonyl (C=O) groups is 1. The average Bonchev–Trinajstić information content (AvgIpc) is 3.40. The first-order chi connectivity index (χ1) is 20.5. The Kier molecular flexibility index (Phi) is 6.51. The standard InChI is InChI=1S/C33H32N8O/c1-2-29(42)40-16-12-33(13-17-40)21-39(22-33)20-23-8-10-25(11-9-23)41-28-18-24(27-7-3-4-14-35-27)19-37-31(28)38-32(41)26-6-5-15-36-30(26)34/h2-11,14-15,18-19H,1,12-13,16-17,20-22H2,(H2,34,36). The van der Waals surface area contributed by atoms with Crippen LogP contribution in [-0.2, 0) is 11.3 Å². The summed E-state index contributed by atoms with van der Waals surface area (Å²) in [6.07, 6.45) is 8.81. The molecule has 1 aromatic carbocycles. The fourth-order valence-electron chi connectivity index (χ4n) is 6.35. The number of amides is 1. The molecular formula is C33H32N8O. The van der Waals surface area contributed by atoms with Crippen LogP contribution in [0.3, 0.4) is 0 Å². The monoisotopic (exact) mass is 556 g/mol. The molecule has 0 radical (unpaired) electrons. The third-order valence-electron chi connectivity index (χ3n) is 8.58. The summed E-state index contributed by atoms with van der Waals surface area (Å²) in [6, 6.07) is 20.4. The second-order valence-electron chi connectivity index (χ2n) is 11.3. The molecule has 210 valence electrons. The quantitative estimate of drug-likeness (QED) is 0.301. The van der Waals surface area contributed by atoms with Crippen molar-refractivity contribution in [2.75, 3.05) is 31.9 Å². The van der Waals surface area contributed by atoms with Gasteiger partial charge in [-0.3, -0.25) is 19.2 Å². The molecule has 0 atom stereocenters. The van der Waals surface area contributed by atoms with Gasteiger partial charge in [0.05, 0.1) is 16.8 Å².